The smallest absolute Gasteiger partial charge is 0.306 e. The van der Waals surface area contributed by atoms with Crippen molar-refractivity contribution in [2.75, 3.05) is 12.8 Å². The van der Waals surface area contributed by atoms with Crippen molar-refractivity contribution in [1.82, 2.24) is 4.90 Å². The van der Waals surface area contributed by atoms with Crippen molar-refractivity contribution >= 4 is 16.3 Å². The first-order valence-corrected chi connectivity index (χ1v) is 11.5. The van der Waals surface area contributed by atoms with Crippen molar-refractivity contribution in [3.63, 3.8) is 0 Å². The molecular weight excluding hydrogens is 352 g/mol. The van der Waals surface area contributed by atoms with E-state index in [1.54, 1.807) is 12.2 Å². The van der Waals surface area contributed by atoms with E-state index >= 15 is 0 Å². The van der Waals surface area contributed by atoms with Gasteiger partial charge in [0.25, 0.3) is 0 Å². The largest absolute Gasteiger partial charge is 0.411 e. The molecule has 1 unspecified atom stereocenters. The van der Waals surface area contributed by atoms with Crippen LogP contribution in [0.2, 0.25) is 0 Å². The van der Waals surface area contributed by atoms with Gasteiger partial charge in [0.15, 0.2) is 0 Å². The molecule has 0 aromatic heterocycles. The van der Waals surface area contributed by atoms with Gasteiger partial charge >= 0.3 is 10.1 Å². The summed E-state index contributed by atoms with van der Waals surface area (Å²) in [4.78, 5) is 1.94. The van der Waals surface area contributed by atoms with Crippen molar-refractivity contribution in [1.29, 1.82) is 0 Å². The van der Waals surface area contributed by atoms with Crippen LogP contribution < -0.4 is 0 Å². The highest BCUT2D eigenvalue weighted by Crippen LogP contribution is 2.19. The average molecular weight is 387 g/mol. The molecule has 0 aromatic rings. The van der Waals surface area contributed by atoms with Gasteiger partial charge in [-0.05, 0) is 18.6 Å². The first-order valence-electron chi connectivity index (χ1n) is 9.69. The Morgan fingerprint density at radius 2 is 1.69 bits per heavy atom. The lowest BCUT2D eigenvalue weighted by atomic mass is 10.1. The third kappa shape index (κ3) is 9.85. The summed E-state index contributed by atoms with van der Waals surface area (Å²) >= 11 is 0. The van der Waals surface area contributed by atoms with E-state index in [0.717, 1.165) is 25.6 Å². The lowest BCUT2D eigenvalue weighted by Crippen LogP contribution is -2.37. The summed E-state index contributed by atoms with van der Waals surface area (Å²) in [6, 6.07) is -0.502. The minimum absolute atomic E-state index is 0.250. The summed E-state index contributed by atoms with van der Waals surface area (Å²) in [7, 11) is -3.61. The van der Waals surface area contributed by atoms with Crippen LogP contribution in [-0.4, -0.2) is 43.6 Å². The first kappa shape index (κ1) is 22.5. The van der Waals surface area contributed by atoms with Gasteiger partial charge in [-0.2, -0.15) is 8.42 Å². The van der Waals surface area contributed by atoms with Crippen LogP contribution in [-0.2, 0) is 14.3 Å². The molecule has 0 saturated carbocycles. The zero-order valence-electron chi connectivity index (χ0n) is 16.1. The fraction of sp³-hybridized carbons (Fsp3) is 0.737. The van der Waals surface area contributed by atoms with E-state index < -0.39 is 16.2 Å². The van der Waals surface area contributed by atoms with Crippen molar-refractivity contribution in [3.05, 3.63) is 24.1 Å². The minimum Gasteiger partial charge on any atom is -0.411 e. The standard InChI is InChI=1S/C19H34N2O4S/c1-3-4-5-6-7-8-9-10-11-12-15-21-16-13-14-19(18(21)17-20-22)25-26(2,23)24/h13-14,16-18,22H,3-12,15H2,1-2H3. The second-order valence-corrected chi connectivity index (χ2v) is 8.40. The number of hydrogen-bond donors (Lipinski definition) is 1. The molecule has 150 valence electrons. The molecule has 1 heterocycles. The van der Waals surface area contributed by atoms with Crippen LogP contribution in [0.15, 0.2) is 29.3 Å². The van der Waals surface area contributed by atoms with Gasteiger partial charge in [0.05, 0.1) is 12.5 Å². The third-order valence-corrected chi connectivity index (χ3v) is 4.91. The quantitative estimate of drug-likeness (QED) is 0.157. The highest BCUT2D eigenvalue weighted by Gasteiger charge is 2.24. The Morgan fingerprint density at radius 1 is 1.12 bits per heavy atom. The molecule has 1 aliphatic rings. The maximum Gasteiger partial charge on any atom is 0.306 e. The fourth-order valence-electron chi connectivity index (χ4n) is 3.07. The number of nitrogens with zero attached hydrogens (tertiary/aromatic N) is 2. The van der Waals surface area contributed by atoms with Gasteiger partial charge in [0.2, 0.25) is 0 Å². The molecule has 1 atom stereocenters. The lowest BCUT2D eigenvalue weighted by Gasteiger charge is -2.30. The molecule has 0 aliphatic carbocycles. The number of hydrogen-bond acceptors (Lipinski definition) is 6. The minimum atomic E-state index is -3.61. The Kier molecular flexibility index (Phi) is 11.1. The molecule has 0 amide bonds. The van der Waals surface area contributed by atoms with Crippen LogP contribution >= 0.6 is 0 Å². The van der Waals surface area contributed by atoms with E-state index in [1.165, 1.54) is 57.6 Å². The number of unbranched alkanes of at least 4 members (excludes halogenated alkanes) is 9. The zero-order valence-corrected chi connectivity index (χ0v) is 17.0. The monoisotopic (exact) mass is 386 g/mol. The maximum atomic E-state index is 11.4. The molecule has 1 aliphatic heterocycles. The van der Waals surface area contributed by atoms with Gasteiger partial charge in [-0.1, -0.05) is 69.9 Å². The number of oxime groups is 1. The average Bonchev–Trinajstić information content (AvgIpc) is 2.58. The van der Waals surface area contributed by atoms with Gasteiger partial charge in [-0.15, -0.1) is 0 Å². The van der Waals surface area contributed by atoms with E-state index in [9.17, 15) is 8.42 Å². The Morgan fingerprint density at radius 3 is 2.23 bits per heavy atom. The molecule has 0 bridgehead atoms. The molecule has 0 fully saturated rings. The van der Waals surface area contributed by atoms with Crippen LogP contribution in [0.3, 0.4) is 0 Å². The maximum absolute atomic E-state index is 11.4. The van der Waals surface area contributed by atoms with E-state index in [4.69, 9.17) is 9.39 Å². The van der Waals surface area contributed by atoms with E-state index in [2.05, 4.69) is 12.1 Å². The Hall–Kier alpha value is -1.50. The summed E-state index contributed by atoms with van der Waals surface area (Å²) < 4.78 is 27.8. The van der Waals surface area contributed by atoms with Crippen LogP contribution in [0.5, 0.6) is 0 Å². The molecule has 26 heavy (non-hydrogen) atoms. The predicted molar refractivity (Wildman–Crippen MR) is 106 cm³/mol. The molecule has 0 radical (unpaired) electrons. The Bertz CT molecular complexity index is 570. The van der Waals surface area contributed by atoms with E-state index in [-0.39, 0.29) is 5.76 Å². The SMILES string of the molecule is CCCCCCCCCCCCN1C=CC=C(OS(C)(=O)=O)C1C=NO. The molecule has 0 aromatic carbocycles. The van der Waals surface area contributed by atoms with Crippen molar-refractivity contribution in [2.45, 2.75) is 77.2 Å². The molecule has 0 saturated heterocycles. The fourth-order valence-corrected chi connectivity index (χ4v) is 3.58. The summed E-state index contributed by atoms with van der Waals surface area (Å²) in [6.07, 6.45) is 20.1. The third-order valence-electron chi connectivity index (χ3n) is 4.41. The molecule has 1 rings (SSSR count). The van der Waals surface area contributed by atoms with Gasteiger partial charge < -0.3 is 14.3 Å². The molecule has 7 heteroatoms. The van der Waals surface area contributed by atoms with Gasteiger partial charge in [0.1, 0.15) is 11.8 Å². The van der Waals surface area contributed by atoms with Crippen LogP contribution in [0.1, 0.15) is 71.1 Å². The predicted octanol–water partition coefficient (Wildman–Crippen LogP) is 4.43. The van der Waals surface area contributed by atoms with Crippen molar-refractivity contribution < 1.29 is 17.8 Å². The van der Waals surface area contributed by atoms with Crippen molar-refractivity contribution in [3.8, 4) is 0 Å². The van der Waals surface area contributed by atoms with Gasteiger partial charge in [-0.25, -0.2) is 0 Å². The molecular formula is C19H34N2O4S. The van der Waals surface area contributed by atoms with Crippen molar-refractivity contribution in [2.24, 2.45) is 5.16 Å². The van der Waals surface area contributed by atoms with E-state index in [1.807, 2.05) is 11.1 Å². The zero-order chi connectivity index (χ0) is 19.3. The number of rotatable bonds is 14. The number of allylic oxidation sites excluding steroid dienone is 2. The molecule has 6 nitrogen and oxygen atoms in total. The highest BCUT2D eigenvalue weighted by atomic mass is 32.2. The van der Waals surface area contributed by atoms with E-state index in [0.29, 0.717) is 0 Å². The summed E-state index contributed by atoms with van der Waals surface area (Å²) in [5, 5.41) is 12.0. The summed E-state index contributed by atoms with van der Waals surface area (Å²) in [5.41, 5.74) is 0. The van der Waals surface area contributed by atoms with Gasteiger partial charge in [0, 0.05) is 12.7 Å². The molecule has 0 spiro atoms. The summed E-state index contributed by atoms with van der Waals surface area (Å²) in [6.45, 7) is 2.99. The second kappa shape index (κ2) is 12.8. The van der Waals surface area contributed by atoms with Crippen LogP contribution in [0, 0.1) is 0 Å². The Labute approximate surface area is 158 Å². The topological polar surface area (TPSA) is 79.2 Å². The van der Waals surface area contributed by atoms with Crippen LogP contribution in [0.4, 0.5) is 0 Å². The second-order valence-electron chi connectivity index (χ2n) is 6.83. The normalized spacial score (nSPS) is 17.7. The Balaban J connectivity index is 2.29. The highest BCUT2D eigenvalue weighted by molar-refractivity contribution is 7.86. The van der Waals surface area contributed by atoms with Crippen LogP contribution in [0.25, 0.3) is 0 Å². The lowest BCUT2D eigenvalue weighted by molar-refractivity contribution is 0.271. The molecule has 1 N–H and O–H groups in total. The van der Waals surface area contributed by atoms with Gasteiger partial charge in [-0.3, -0.25) is 0 Å². The first-order chi connectivity index (χ1) is 12.5. The summed E-state index contributed by atoms with van der Waals surface area (Å²) in [5.74, 6) is 0.250.